The third-order valence-corrected chi connectivity index (χ3v) is 7.15. The van der Waals surface area contributed by atoms with Crippen LogP contribution in [0.5, 0.6) is 0 Å². The van der Waals surface area contributed by atoms with Gasteiger partial charge in [0.2, 0.25) is 0 Å². The maximum Gasteiger partial charge on any atom is 0.140 e. The van der Waals surface area contributed by atoms with Gasteiger partial charge in [-0.15, -0.1) is 0 Å². The van der Waals surface area contributed by atoms with Gasteiger partial charge in [0.05, 0.1) is 0 Å². The third-order valence-electron chi connectivity index (χ3n) is 7.15. The van der Waals surface area contributed by atoms with Crippen LogP contribution >= 0.6 is 0 Å². The van der Waals surface area contributed by atoms with Crippen molar-refractivity contribution < 1.29 is 10.2 Å². The Morgan fingerprint density at radius 3 is 0.475 bits per heavy atom. The Labute approximate surface area is 236 Å². The Morgan fingerprint density at radius 2 is 0.350 bits per heavy atom. The van der Waals surface area contributed by atoms with Crippen LogP contribution < -0.4 is 0 Å². The first-order valence-corrected chi connectivity index (χ1v) is 13.4. The second-order valence-corrected chi connectivity index (χ2v) is 9.62. The van der Waals surface area contributed by atoms with E-state index in [2.05, 4.69) is 0 Å². The smallest absolute Gasteiger partial charge is 0.140 e. The van der Waals surface area contributed by atoms with Crippen LogP contribution in [0, 0.1) is 0 Å². The van der Waals surface area contributed by atoms with Crippen LogP contribution in [-0.2, 0) is 11.2 Å². The van der Waals surface area contributed by atoms with E-state index in [1.54, 1.807) is 0 Å². The van der Waals surface area contributed by atoms with Gasteiger partial charge < -0.3 is 10.2 Å². The maximum atomic E-state index is 11.4. The molecule has 0 radical (unpaired) electrons. The van der Waals surface area contributed by atoms with E-state index < -0.39 is 11.2 Å². The highest BCUT2D eigenvalue weighted by Crippen LogP contribution is 2.37. The zero-order valence-electron chi connectivity index (χ0n) is 22.2. The van der Waals surface area contributed by atoms with Gasteiger partial charge in [-0.3, -0.25) is 0 Å². The molecule has 196 valence electrons. The molecule has 0 unspecified atom stereocenters. The molecule has 40 heavy (non-hydrogen) atoms. The zero-order valence-corrected chi connectivity index (χ0v) is 22.2. The summed E-state index contributed by atoms with van der Waals surface area (Å²) >= 11 is 0. The summed E-state index contributed by atoms with van der Waals surface area (Å²) < 4.78 is 0. The molecule has 0 aromatic heterocycles. The molecule has 6 aromatic rings. The lowest BCUT2D eigenvalue weighted by Crippen LogP contribution is -2.28. The SMILES string of the molecule is OC(c1ccccc1)(c1ccccc1)c1ccccc1.OC(c1ccccc1)(c1ccccc1)c1ccccc1. The second kappa shape index (κ2) is 12.4. The summed E-state index contributed by atoms with van der Waals surface area (Å²) in [5.41, 5.74) is 2.99. The van der Waals surface area contributed by atoms with E-state index in [4.69, 9.17) is 0 Å². The number of rotatable bonds is 6. The minimum absolute atomic E-state index is 0.873. The van der Waals surface area contributed by atoms with Gasteiger partial charge in [0.15, 0.2) is 0 Å². The highest BCUT2D eigenvalue weighted by molar-refractivity contribution is 5.48. The third kappa shape index (κ3) is 5.50. The van der Waals surface area contributed by atoms with Crippen LogP contribution in [0.2, 0.25) is 0 Å². The van der Waals surface area contributed by atoms with Gasteiger partial charge >= 0.3 is 0 Å². The summed E-state index contributed by atoms with van der Waals surface area (Å²) in [6.07, 6.45) is 0. The van der Waals surface area contributed by atoms with E-state index in [1.807, 2.05) is 182 Å². The Kier molecular flexibility index (Phi) is 8.32. The average Bonchev–Trinajstić information content (AvgIpc) is 3.07. The first-order valence-electron chi connectivity index (χ1n) is 13.4. The molecule has 0 fully saturated rings. The predicted octanol–water partition coefficient (Wildman–Crippen LogP) is 7.94. The minimum atomic E-state index is -1.12. The van der Waals surface area contributed by atoms with Crippen LogP contribution in [0.25, 0.3) is 0 Å². The Hall–Kier alpha value is -4.76. The average molecular weight is 521 g/mol. The lowest BCUT2D eigenvalue weighted by molar-refractivity contribution is 0.125. The summed E-state index contributed by atoms with van der Waals surface area (Å²) in [6.45, 7) is 0. The molecule has 0 amide bonds. The number of hydrogen-bond donors (Lipinski definition) is 2. The normalized spacial score (nSPS) is 11.2. The molecule has 2 nitrogen and oxygen atoms in total. The lowest BCUT2D eigenvalue weighted by atomic mass is 9.80. The molecule has 0 aliphatic rings. The molecule has 0 aliphatic heterocycles. The van der Waals surface area contributed by atoms with Crippen molar-refractivity contribution in [2.24, 2.45) is 0 Å². The summed E-state index contributed by atoms with van der Waals surface area (Å²) in [6, 6.07) is 58.7. The van der Waals surface area contributed by atoms with Crippen molar-refractivity contribution in [1.29, 1.82) is 0 Å². The van der Waals surface area contributed by atoms with Gasteiger partial charge in [0.1, 0.15) is 11.2 Å². The molecule has 0 bridgehead atoms. The summed E-state index contributed by atoms with van der Waals surface area (Å²) in [5.74, 6) is 0. The van der Waals surface area contributed by atoms with Crippen molar-refractivity contribution in [1.82, 2.24) is 0 Å². The summed E-state index contributed by atoms with van der Waals surface area (Å²) in [5, 5.41) is 22.9. The van der Waals surface area contributed by atoms with Gasteiger partial charge in [-0.25, -0.2) is 0 Å². The number of aliphatic hydroxyl groups is 2. The van der Waals surface area contributed by atoms with Gasteiger partial charge in [0.25, 0.3) is 0 Å². The van der Waals surface area contributed by atoms with Gasteiger partial charge in [0, 0.05) is 0 Å². The molecule has 0 spiro atoms. The van der Waals surface area contributed by atoms with Crippen LogP contribution in [0.1, 0.15) is 33.4 Å². The van der Waals surface area contributed by atoms with Crippen LogP contribution in [0.3, 0.4) is 0 Å². The summed E-state index contributed by atoms with van der Waals surface area (Å²) in [7, 11) is 0. The molecular weight excluding hydrogens is 488 g/mol. The Bertz CT molecular complexity index is 1250. The van der Waals surface area contributed by atoms with Gasteiger partial charge in [-0.1, -0.05) is 182 Å². The molecule has 0 aliphatic carbocycles. The van der Waals surface area contributed by atoms with E-state index in [-0.39, 0.29) is 0 Å². The van der Waals surface area contributed by atoms with E-state index in [9.17, 15) is 10.2 Å². The number of hydrogen-bond acceptors (Lipinski definition) is 2. The Morgan fingerprint density at radius 1 is 0.225 bits per heavy atom. The van der Waals surface area contributed by atoms with E-state index in [1.165, 1.54) is 0 Å². The second-order valence-electron chi connectivity index (χ2n) is 9.62. The lowest BCUT2D eigenvalue weighted by Gasteiger charge is -2.30. The fourth-order valence-electron chi connectivity index (χ4n) is 5.08. The highest BCUT2D eigenvalue weighted by Gasteiger charge is 2.34. The van der Waals surface area contributed by atoms with Crippen molar-refractivity contribution in [2.75, 3.05) is 0 Å². The molecule has 0 saturated carbocycles. The fourth-order valence-corrected chi connectivity index (χ4v) is 5.08. The van der Waals surface area contributed by atoms with Crippen LogP contribution in [-0.4, -0.2) is 10.2 Å². The van der Waals surface area contributed by atoms with Gasteiger partial charge in [-0.05, 0) is 33.4 Å². The van der Waals surface area contributed by atoms with Crippen molar-refractivity contribution in [3.8, 4) is 0 Å². The van der Waals surface area contributed by atoms with E-state index >= 15 is 0 Å². The molecule has 2 heteroatoms. The van der Waals surface area contributed by atoms with Crippen LogP contribution in [0.4, 0.5) is 0 Å². The predicted molar refractivity (Wildman–Crippen MR) is 163 cm³/mol. The molecule has 0 saturated heterocycles. The molecule has 2 N–H and O–H groups in total. The topological polar surface area (TPSA) is 40.5 Å². The first-order chi connectivity index (χ1) is 19.6. The van der Waals surface area contributed by atoms with Crippen LogP contribution in [0.15, 0.2) is 182 Å². The fraction of sp³-hybridized carbons (Fsp3) is 0.0526. The first kappa shape index (κ1) is 26.8. The monoisotopic (exact) mass is 520 g/mol. The highest BCUT2D eigenvalue weighted by atomic mass is 16.3. The van der Waals surface area contributed by atoms with Crippen molar-refractivity contribution in [3.63, 3.8) is 0 Å². The molecular formula is C38H32O2. The van der Waals surface area contributed by atoms with E-state index in [0.29, 0.717) is 0 Å². The van der Waals surface area contributed by atoms with E-state index in [0.717, 1.165) is 33.4 Å². The van der Waals surface area contributed by atoms with Crippen molar-refractivity contribution >= 4 is 0 Å². The molecule has 0 atom stereocenters. The van der Waals surface area contributed by atoms with Crippen molar-refractivity contribution in [3.05, 3.63) is 215 Å². The van der Waals surface area contributed by atoms with Gasteiger partial charge in [-0.2, -0.15) is 0 Å². The number of benzene rings is 6. The molecule has 6 aromatic carbocycles. The standard InChI is InChI=1S/2C19H16O/c2*20-19(16-10-4-1-5-11-16,17-12-6-2-7-13-17)18-14-8-3-9-15-18/h2*1-15,20H. The zero-order chi connectivity index (χ0) is 27.7. The molecule has 0 heterocycles. The molecule has 6 rings (SSSR count). The quantitative estimate of drug-likeness (QED) is 0.219. The summed E-state index contributed by atoms with van der Waals surface area (Å²) in [4.78, 5) is 0. The van der Waals surface area contributed by atoms with Crippen molar-refractivity contribution in [2.45, 2.75) is 11.2 Å². The minimum Gasteiger partial charge on any atom is -0.376 e. The Balaban J connectivity index is 0.000000161. The largest absolute Gasteiger partial charge is 0.376 e. The maximum absolute atomic E-state index is 11.4.